The van der Waals surface area contributed by atoms with E-state index in [0.717, 1.165) is 141 Å². The van der Waals surface area contributed by atoms with Gasteiger partial charge < -0.3 is 33.3 Å². The number of hydrogen-bond acceptors (Lipinski definition) is 8. The van der Waals surface area contributed by atoms with Crippen molar-refractivity contribution in [2.45, 2.75) is 296 Å². The number of hydrogen-bond donors (Lipinski definition) is 0. The number of rotatable bonds is 67. The zero-order valence-electron chi connectivity index (χ0n) is 60.1. The van der Waals surface area contributed by atoms with Crippen LogP contribution in [0.5, 0.6) is 0 Å². The van der Waals surface area contributed by atoms with E-state index in [1.54, 1.807) is 0 Å². The molecule has 0 spiro atoms. The highest BCUT2D eigenvalue weighted by Crippen LogP contribution is 2.17. The molecule has 9 nitrogen and oxygen atoms in total. The van der Waals surface area contributed by atoms with Gasteiger partial charge in [0.15, 0.2) is 12.4 Å². The maximum atomic E-state index is 12.9. The summed E-state index contributed by atoms with van der Waals surface area (Å²) in [5.41, 5.74) is 0. The lowest BCUT2D eigenvalue weighted by Gasteiger charge is -2.26. The predicted molar refractivity (Wildman–Crippen MR) is 398 cm³/mol. The molecule has 0 saturated heterocycles. The second-order valence-electron chi connectivity index (χ2n) is 25.5. The van der Waals surface area contributed by atoms with Gasteiger partial charge in [-0.2, -0.15) is 0 Å². The van der Waals surface area contributed by atoms with Gasteiger partial charge in [-0.25, -0.2) is 0 Å². The number of allylic oxidation sites excluding steroid dienone is 28. The number of ether oxygens (including phenoxy) is 4. The van der Waals surface area contributed by atoms with Gasteiger partial charge in [0.25, 0.3) is 0 Å². The number of nitrogens with zero attached hydrogens (tertiary/aromatic N) is 1. The standard InChI is InChI=1S/C84H137NO8/c1-6-8-10-12-14-16-18-20-22-24-26-28-30-32-34-36-38-40-41-43-44-46-48-50-52-54-56-58-60-62-64-66-68-70-72-74-81(86)91-78-80(79-92-84(83(88)89)90-77-76-85(3,4)5)93-82(87)75-73-71-69-67-65-63-61-59-57-55-53-51-49-47-45-42-39-37-35-33-31-29-27-25-23-21-19-17-15-13-11-9-7-2/h8-11,14-17,20-23,26-29,32-35,39,42,47,49,53,55,59,61,80,84H,6-7,12-13,18-19,24-25,30-31,36-38,40-41,43-46,48,50-52,54,56-58,60,62-79H2,1-5H3/b10-8-,11-9-,16-14-,17-15-,22-20-,23-21-,28-26-,29-27-,34-32-,35-33-,42-39-,49-47-,55-53-,61-59-. The first kappa shape index (κ1) is 87.7. The van der Waals surface area contributed by atoms with Crippen molar-refractivity contribution in [3.8, 4) is 0 Å². The maximum Gasteiger partial charge on any atom is 0.306 e. The Bertz CT molecular complexity index is 2140. The first-order valence-corrected chi connectivity index (χ1v) is 37.3. The number of carboxylic acid groups (broad SMARTS) is 1. The minimum Gasteiger partial charge on any atom is -0.545 e. The number of carbonyl (C=O) groups excluding carboxylic acids is 3. The van der Waals surface area contributed by atoms with Crippen LogP contribution in [0, 0.1) is 0 Å². The molecule has 2 unspecified atom stereocenters. The van der Waals surface area contributed by atoms with E-state index in [1.807, 2.05) is 21.1 Å². The molecular formula is C84H137NO8. The summed E-state index contributed by atoms with van der Waals surface area (Å²) in [5.74, 6) is -2.32. The molecule has 2 atom stereocenters. The zero-order valence-corrected chi connectivity index (χ0v) is 60.1. The van der Waals surface area contributed by atoms with Gasteiger partial charge >= 0.3 is 11.9 Å². The molecule has 0 aromatic carbocycles. The second kappa shape index (κ2) is 72.5. The molecule has 0 rings (SSSR count). The van der Waals surface area contributed by atoms with E-state index in [0.29, 0.717) is 17.4 Å². The lowest BCUT2D eigenvalue weighted by Crippen LogP contribution is -2.44. The van der Waals surface area contributed by atoms with Gasteiger partial charge in [-0.3, -0.25) is 9.59 Å². The van der Waals surface area contributed by atoms with Crippen molar-refractivity contribution in [2.24, 2.45) is 0 Å². The van der Waals surface area contributed by atoms with Crippen LogP contribution >= 0.6 is 0 Å². The fraction of sp³-hybridized carbons (Fsp3) is 0.631. The summed E-state index contributed by atoms with van der Waals surface area (Å²) in [5, 5.41) is 11.8. The summed E-state index contributed by atoms with van der Waals surface area (Å²) in [6.45, 7) is 4.50. The van der Waals surface area contributed by atoms with Crippen molar-refractivity contribution in [1.29, 1.82) is 0 Å². The van der Waals surface area contributed by atoms with E-state index >= 15 is 0 Å². The maximum absolute atomic E-state index is 12.9. The number of quaternary nitrogens is 1. The van der Waals surface area contributed by atoms with Crippen LogP contribution in [-0.4, -0.2) is 82.3 Å². The van der Waals surface area contributed by atoms with Crippen LogP contribution < -0.4 is 5.11 Å². The van der Waals surface area contributed by atoms with Gasteiger partial charge in [0.1, 0.15) is 13.2 Å². The van der Waals surface area contributed by atoms with Crippen LogP contribution in [0.1, 0.15) is 284 Å². The summed E-state index contributed by atoms with van der Waals surface area (Å²) in [7, 11) is 5.92. The van der Waals surface area contributed by atoms with Gasteiger partial charge in [-0.05, 0) is 128 Å². The Balaban J connectivity index is 4.16. The fourth-order valence-electron chi connectivity index (χ4n) is 9.85. The van der Waals surface area contributed by atoms with Crippen molar-refractivity contribution in [3.05, 3.63) is 170 Å². The zero-order chi connectivity index (χ0) is 67.5. The second-order valence-corrected chi connectivity index (χ2v) is 25.5. The molecule has 93 heavy (non-hydrogen) atoms. The third-order valence-corrected chi connectivity index (χ3v) is 15.5. The summed E-state index contributed by atoms with van der Waals surface area (Å²) in [6.07, 6.45) is 106. The highest BCUT2D eigenvalue weighted by molar-refractivity contribution is 5.70. The molecule has 526 valence electrons. The molecule has 0 N–H and O–H groups in total. The Morgan fingerprint density at radius 3 is 0.860 bits per heavy atom. The molecule has 0 aromatic rings. The fourth-order valence-corrected chi connectivity index (χ4v) is 9.85. The van der Waals surface area contributed by atoms with Gasteiger partial charge in [-0.15, -0.1) is 0 Å². The Hall–Kier alpha value is -5.35. The summed E-state index contributed by atoms with van der Waals surface area (Å²) < 4.78 is 22.8. The highest BCUT2D eigenvalue weighted by atomic mass is 16.7. The van der Waals surface area contributed by atoms with E-state index in [9.17, 15) is 19.5 Å². The molecule has 0 bridgehead atoms. The van der Waals surface area contributed by atoms with Crippen molar-refractivity contribution < 1.29 is 42.9 Å². The SMILES string of the molecule is CC/C=C\C/C=C\C/C=C\C/C=C\C/C=C\C/C=C\C/C=C\C/C=C\C/C=C\CCCCCCCC(=O)OC(COC(=O)CCCCCCCCCCCCCCCCCCCCC/C=C\C/C=C\C/C=C\C/C=C\C/C=C\CC)COC(OCC[N+](C)(C)C)C(=O)[O-]. The normalized spacial score (nSPS) is 13.7. The number of aliphatic carboxylic acids is 1. The lowest BCUT2D eigenvalue weighted by molar-refractivity contribution is -0.870. The summed E-state index contributed by atoms with van der Waals surface area (Å²) in [4.78, 5) is 37.6. The van der Waals surface area contributed by atoms with E-state index in [4.69, 9.17) is 18.9 Å². The molecule has 9 heteroatoms. The number of esters is 2. The quantitative estimate of drug-likeness (QED) is 0.0195. The Morgan fingerprint density at radius 2 is 0.581 bits per heavy atom. The van der Waals surface area contributed by atoms with Crippen molar-refractivity contribution >= 4 is 17.9 Å². The van der Waals surface area contributed by atoms with Crippen LogP contribution in [0.25, 0.3) is 0 Å². The van der Waals surface area contributed by atoms with Crippen molar-refractivity contribution in [3.63, 3.8) is 0 Å². The highest BCUT2D eigenvalue weighted by Gasteiger charge is 2.22. The van der Waals surface area contributed by atoms with Gasteiger partial charge in [0, 0.05) is 12.8 Å². The minimum atomic E-state index is -1.64. The van der Waals surface area contributed by atoms with Gasteiger partial charge in [-0.1, -0.05) is 312 Å². The third kappa shape index (κ3) is 73.9. The molecule has 0 aliphatic rings. The van der Waals surface area contributed by atoms with E-state index in [1.165, 1.54) is 109 Å². The summed E-state index contributed by atoms with van der Waals surface area (Å²) in [6, 6.07) is 0. The number of unbranched alkanes of at least 4 members (excludes halogenated alkanes) is 24. The number of likely N-dealkylation sites (N-methyl/N-ethyl adjacent to an activating group) is 1. The Morgan fingerprint density at radius 1 is 0.323 bits per heavy atom. The molecule has 0 aromatic heterocycles. The average molecular weight is 1290 g/mol. The van der Waals surface area contributed by atoms with Crippen LogP contribution in [0.15, 0.2) is 170 Å². The number of carboxylic acids is 1. The summed E-state index contributed by atoms with van der Waals surface area (Å²) >= 11 is 0. The van der Waals surface area contributed by atoms with Gasteiger partial charge in [0.2, 0.25) is 0 Å². The monoisotopic (exact) mass is 1290 g/mol. The van der Waals surface area contributed by atoms with Crippen LogP contribution in [0.4, 0.5) is 0 Å². The predicted octanol–water partition coefficient (Wildman–Crippen LogP) is 22.5. The molecule has 0 aliphatic heterocycles. The number of carbonyl (C=O) groups is 3. The first-order valence-electron chi connectivity index (χ1n) is 37.3. The molecule has 0 saturated carbocycles. The molecule has 0 amide bonds. The minimum absolute atomic E-state index is 0.136. The van der Waals surface area contributed by atoms with E-state index in [-0.39, 0.29) is 38.6 Å². The smallest absolute Gasteiger partial charge is 0.306 e. The molecule has 0 radical (unpaired) electrons. The molecule has 0 aliphatic carbocycles. The van der Waals surface area contributed by atoms with Crippen molar-refractivity contribution in [1.82, 2.24) is 0 Å². The van der Waals surface area contributed by atoms with Crippen molar-refractivity contribution in [2.75, 3.05) is 47.5 Å². The first-order chi connectivity index (χ1) is 45.6. The Labute approximate surface area is 571 Å². The molecule has 0 heterocycles. The lowest BCUT2D eigenvalue weighted by atomic mass is 10.0. The third-order valence-electron chi connectivity index (χ3n) is 15.5. The van der Waals surface area contributed by atoms with Gasteiger partial charge in [0.05, 0.1) is 40.3 Å². The van der Waals surface area contributed by atoms with E-state index in [2.05, 4.69) is 184 Å². The Kier molecular flexibility index (Phi) is 68.3. The van der Waals surface area contributed by atoms with Crippen LogP contribution in [0.2, 0.25) is 0 Å². The molecule has 0 fully saturated rings. The van der Waals surface area contributed by atoms with Crippen LogP contribution in [-0.2, 0) is 33.3 Å². The largest absolute Gasteiger partial charge is 0.545 e. The van der Waals surface area contributed by atoms with E-state index < -0.39 is 24.3 Å². The van der Waals surface area contributed by atoms with Crippen LogP contribution in [0.3, 0.4) is 0 Å². The topological polar surface area (TPSA) is 111 Å². The molecular weight excluding hydrogens is 1150 g/mol. The average Bonchev–Trinajstić information content (AvgIpc) is 3.74.